The number of amides is 2. The van der Waals surface area contributed by atoms with Gasteiger partial charge in [-0.2, -0.15) is 0 Å². The number of nitrogens with one attached hydrogen (secondary N) is 3. The Bertz CT molecular complexity index is 618. The molecule has 1 aromatic carbocycles. The zero-order valence-corrected chi connectivity index (χ0v) is 10.6. The average molecular weight is 260 g/mol. The molecule has 0 fully saturated rings. The molecule has 0 aliphatic carbocycles. The highest BCUT2D eigenvalue weighted by molar-refractivity contribution is 5.98. The minimum Gasteiger partial charge on any atom is -0.399 e. The first-order valence-electron chi connectivity index (χ1n) is 5.97. The van der Waals surface area contributed by atoms with E-state index < -0.39 is 0 Å². The molecule has 2 aromatic rings. The first-order valence-corrected chi connectivity index (χ1v) is 5.97. The van der Waals surface area contributed by atoms with Gasteiger partial charge in [-0.3, -0.25) is 9.59 Å². The standard InChI is InChI=1S/C13H16N4O2/c1-15-12(18)4-5-16-13(19)11-7-8-6-9(14)2-3-10(8)17-11/h2-3,6-7,17H,4-5,14H2,1H3,(H,15,18)(H,16,19). The molecular formula is C13H16N4O2. The quantitative estimate of drug-likeness (QED) is 0.606. The summed E-state index contributed by atoms with van der Waals surface area (Å²) in [5.74, 6) is -0.344. The zero-order chi connectivity index (χ0) is 13.8. The van der Waals surface area contributed by atoms with E-state index in [2.05, 4.69) is 15.6 Å². The molecule has 2 rings (SSSR count). The van der Waals surface area contributed by atoms with Crippen LogP contribution in [0.15, 0.2) is 24.3 Å². The maximum Gasteiger partial charge on any atom is 0.267 e. The van der Waals surface area contributed by atoms with Crippen LogP contribution in [0.4, 0.5) is 5.69 Å². The summed E-state index contributed by atoms with van der Waals surface area (Å²) < 4.78 is 0. The summed E-state index contributed by atoms with van der Waals surface area (Å²) in [5.41, 5.74) is 7.64. The van der Waals surface area contributed by atoms with Gasteiger partial charge in [0.05, 0.1) is 0 Å². The van der Waals surface area contributed by atoms with Gasteiger partial charge in [0.15, 0.2) is 0 Å². The number of fused-ring (bicyclic) bond motifs is 1. The molecule has 0 saturated heterocycles. The average Bonchev–Trinajstić information content (AvgIpc) is 2.81. The van der Waals surface area contributed by atoms with Crippen molar-refractivity contribution in [2.45, 2.75) is 6.42 Å². The van der Waals surface area contributed by atoms with Gasteiger partial charge < -0.3 is 21.4 Å². The van der Waals surface area contributed by atoms with E-state index in [1.165, 1.54) is 0 Å². The number of aromatic nitrogens is 1. The number of carbonyl (C=O) groups excluding carboxylic acids is 2. The first kappa shape index (κ1) is 12.9. The maximum atomic E-state index is 11.9. The van der Waals surface area contributed by atoms with Gasteiger partial charge in [-0.15, -0.1) is 0 Å². The van der Waals surface area contributed by atoms with Crippen LogP contribution in [0.3, 0.4) is 0 Å². The summed E-state index contributed by atoms with van der Waals surface area (Å²) in [4.78, 5) is 25.9. The second-order valence-electron chi connectivity index (χ2n) is 4.21. The van der Waals surface area contributed by atoms with E-state index in [1.54, 1.807) is 25.2 Å². The number of rotatable bonds is 4. The molecule has 0 radical (unpaired) electrons. The van der Waals surface area contributed by atoms with Gasteiger partial charge in [-0.25, -0.2) is 0 Å². The summed E-state index contributed by atoms with van der Waals surface area (Å²) in [5, 5.41) is 6.06. The van der Waals surface area contributed by atoms with Crippen molar-refractivity contribution in [3.63, 3.8) is 0 Å². The second kappa shape index (κ2) is 5.43. The Morgan fingerprint density at radius 3 is 2.84 bits per heavy atom. The Labute approximate surface area is 110 Å². The lowest BCUT2D eigenvalue weighted by atomic mass is 10.2. The molecule has 0 unspecified atom stereocenters. The minimum atomic E-state index is -0.237. The number of aromatic amines is 1. The third-order valence-corrected chi connectivity index (χ3v) is 2.81. The van der Waals surface area contributed by atoms with Crippen LogP contribution in [0, 0.1) is 0 Å². The number of hydrogen-bond acceptors (Lipinski definition) is 3. The van der Waals surface area contributed by atoms with Gasteiger partial charge in [0.25, 0.3) is 5.91 Å². The van der Waals surface area contributed by atoms with Crippen molar-refractivity contribution in [1.82, 2.24) is 15.6 Å². The molecular weight excluding hydrogens is 244 g/mol. The minimum absolute atomic E-state index is 0.107. The summed E-state index contributed by atoms with van der Waals surface area (Å²) in [6.45, 7) is 0.302. The lowest BCUT2D eigenvalue weighted by Gasteiger charge is -2.02. The monoisotopic (exact) mass is 260 g/mol. The van der Waals surface area contributed by atoms with E-state index >= 15 is 0 Å². The molecule has 6 heteroatoms. The lowest BCUT2D eigenvalue weighted by Crippen LogP contribution is -2.29. The molecule has 5 N–H and O–H groups in total. The van der Waals surface area contributed by atoms with E-state index in [9.17, 15) is 9.59 Å². The van der Waals surface area contributed by atoms with Crippen LogP contribution < -0.4 is 16.4 Å². The molecule has 0 aliphatic heterocycles. The summed E-state index contributed by atoms with van der Waals surface area (Å²) in [7, 11) is 1.56. The molecule has 0 bridgehead atoms. The molecule has 2 amide bonds. The normalized spacial score (nSPS) is 10.4. The maximum absolute atomic E-state index is 11.9. The molecule has 6 nitrogen and oxygen atoms in total. The number of nitrogens with two attached hydrogens (primary N) is 1. The SMILES string of the molecule is CNC(=O)CCNC(=O)c1cc2cc(N)ccc2[nH]1. The molecule has 100 valence electrons. The Morgan fingerprint density at radius 1 is 1.32 bits per heavy atom. The fourth-order valence-electron chi connectivity index (χ4n) is 1.78. The van der Waals surface area contributed by atoms with E-state index in [0.29, 0.717) is 17.9 Å². The van der Waals surface area contributed by atoms with Gasteiger partial charge in [0.1, 0.15) is 5.69 Å². The van der Waals surface area contributed by atoms with Crippen LogP contribution >= 0.6 is 0 Å². The number of H-pyrrole nitrogens is 1. The molecule has 0 spiro atoms. The van der Waals surface area contributed by atoms with Crippen LogP contribution in [-0.4, -0.2) is 30.4 Å². The smallest absolute Gasteiger partial charge is 0.267 e. The second-order valence-corrected chi connectivity index (χ2v) is 4.21. The zero-order valence-electron chi connectivity index (χ0n) is 10.6. The van der Waals surface area contributed by atoms with E-state index in [-0.39, 0.29) is 18.2 Å². The number of carbonyl (C=O) groups is 2. The summed E-state index contributed by atoms with van der Waals surface area (Å²) in [6.07, 6.45) is 0.259. The van der Waals surface area contributed by atoms with Crippen LogP contribution in [0.5, 0.6) is 0 Å². The van der Waals surface area contributed by atoms with Crippen molar-refractivity contribution >= 4 is 28.4 Å². The van der Waals surface area contributed by atoms with Gasteiger partial charge in [-0.1, -0.05) is 0 Å². The van der Waals surface area contributed by atoms with Crippen molar-refractivity contribution in [2.75, 3.05) is 19.3 Å². The van der Waals surface area contributed by atoms with E-state index in [1.807, 2.05) is 6.07 Å². The highest BCUT2D eigenvalue weighted by Crippen LogP contribution is 2.18. The highest BCUT2D eigenvalue weighted by atomic mass is 16.2. The lowest BCUT2D eigenvalue weighted by molar-refractivity contribution is -0.120. The third kappa shape index (κ3) is 3.04. The Morgan fingerprint density at radius 2 is 2.11 bits per heavy atom. The molecule has 19 heavy (non-hydrogen) atoms. The van der Waals surface area contributed by atoms with E-state index in [4.69, 9.17) is 5.73 Å². The van der Waals surface area contributed by atoms with Crippen molar-refractivity contribution < 1.29 is 9.59 Å². The Hall–Kier alpha value is -2.50. The predicted molar refractivity (Wildman–Crippen MR) is 73.7 cm³/mol. The number of benzene rings is 1. The van der Waals surface area contributed by atoms with Gasteiger partial charge in [0.2, 0.25) is 5.91 Å². The molecule has 0 aliphatic rings. The molecule has 1 heterocycles. The van der Waals surface area contributed by atoms with Crippen molar-refractivity contribution in [3.05, 3.63) is 30.0 Å². The predicted octanol–water partition coefficient (Wildman–Crippen LogP) is 0.616. The van der Waals surface area contributed by atoms with E-state index in [0.717, 1.165) is 10.9 Å². The Balaban J connectivity index is 2.03. The number of hydrogen-bond donors (Lipinski definition) is 4. The van der Waals surface area contributed by atoms with Gasteiger partial charge in [-0.05, 0) is 24.3 Å². The van der Waals surface area contributed by atoms with Crippen LogP contribution in [-0.2, 0) is 4.79 Å². The number of anilines is 1. The summed E-state index contributed by atoms with van der Waals surface area (Å²) >= 11 is 0. The van der Waals surface area contributed by atoms with Crippen LogP contribution in [0.25, 0.3) is 10.9 Å². The molecule has 0 atom stereocenters. The largest absolute Gasteiger partial charge is 0.399 e. The Kier molecular flexibility index (Phi) is 3.70. The third-order valence-electron chi connectivity index (χ3n) is 2.81. The van der Waals surface area contributed by atoms with Crippen molar-refractivity contribution in [2.24, 2.45) is 0 Å². The topological polar surface area (TPSA) is 100 Å². The van der Waals surface area contributed by atoms with Crippen molar-refractivity contribution in [3.8, 4) is 0 Å². The van der Waals surface area contributed by atoms with Crippen molar-refractivity contribution in [1.29, 1.82) is 0 Å². The molecule has 1 aromatic heterocycles. The fraction of sp³-hybridized carbons (Fsp3) is 0.231. The highest BCUT2D eigenvalue weighted by Gasteiger charge is 2.09. The van der Waals surface area contributed by atoms with Gasteiger partial charge >= 0.3 is 0 Å². The van der Waals surface area contributed by atoms with Gasteiger partial charge in [0, 0.05) is 36.6 Å². The fourth-order valence-corrected chi connectivity index (χ4v) is 1.78. The first-order chi connectivity index (χ1) is 9.10. The molecule has 0 saturated carbocycles. The van der Waals surface area contributed by atoms with Crippen LogP contribution in [0.2, 0.25) is 0 Å². The number of nitrogen functional groups attached to an aromatic ring is 1. The summed E-state index contributed by atoms with van der Waals surface area (Å²) in [6, 6.07) is 7.13. The van der Waals surface area contributed by atoms with Crippen LogP contribution in [0.1, 0.15) is 16.9 Å².